The first-order valence-electron chi connectivity index (χ1n) is 4.27. The van der Waals surface area contributed by atoms with Crippen molar-refractivity contribution in [2.24, 2.45) is 0 Å². The number of nitro groups is 1. The van der Waals surface area contributed by atoms with E-state index >= 15 is 0 Å². The molecule has 1 aromatic heterocycles. The highest BCUT2D eigenvalue weighted by Gasteiger charge is 2.29. The van der Waals surface area contributed by atoms with E-state index in [4.69, 9.17) is 5.11 Å². The van der Waals surface area contributed by atoms with Gasteiger partial charge in [0.25, 0.3) is 5.91 Å². The van der Waals surface area contributed by atoms with E-state index in [0.717, 1.165) is 0 Å². The average Bonchev–Trinajstić information content (AvgIpc) is 2.69. The number of hydrogen-bond donors (Lipinski definition) is 3. The first-order chi connectivity index (χ1) is 7.61. The number of carbonyl (C=O) groups excluding carboxylic acids is 1. The molecule has 0 aromatic carbocycles. The molecule has 0 saturated carbocycles. The van der Waals surface area contributed by atoms with Gasteiger partial charge in [-0.25, -0.2) is 0 Å². The van der Waals surface area contributed by atoms with Gasteiger partial charge in [0.05, 0.1) is 18.6 Å². The summed E-state index contributed by atoms with van der Waals surface area (Å²) in [6.45, 7) is -0.262. The van der Waals surface area contributed by atoms with Gasteiger partial charge in [-0.15, -0.1) is 5.10 Å². The first kappa shape index (κ1) is 11.9. The smallest absolute Gasteiger partial charge is 0.362 e. The van der Waals surface area contributed by atoms with Crippen molar-refractivity contribution in [3.8, 4) is 5.88 Å². The Kier molecular flexibility index (Phi) is 3.78. The lowest BCUT2D eigenvalue weighted by molar-refractivity contribution is -0.386. The number of aromatic amines is 1. The zero-order valence-corrected chi connectivity index (χ0v) is 8.39. The van der Waals surface area contributed by atoms with Gasteiger partial charge in [0.15, 0.2) is 0 Å². The van der Waals surface area contributed by atoms with E-state index < -0.39 is 16.5 Å². The molecule has 0 aliphatic rings. The van der Waals surface area contributed by atoms with Crippen LogP contribution in [0.25, 0.3) is 0 Å². The second-order valence-corrected chi connectivity index (χ2v) is 2.69. The van der Waals surface area contributed by atoms with Crippen molar-refractivity contribution in [1.29, 1.82) is 0 Å². The van der Waals surface area contributed by atoms with Crippen molar-refractivity contribution in [3.05, 3.63) is 15.8 Å². The maximum Gasteiger partial charge on any atom is 0.362 e. The second kappa shape index (κ2) is 5.07. The summed E-state index contributed by atoms with van der Waals surface area (Å²) in [5.41, 5.74) is -0.840. The van der Waals surface area contributed by atoms with Crippen LogP contribution in [-0.4, -0.2) is 46.4 Å². The Hall–Kier alpha value is -2.16. The molecule has 9 heteroatoms. The summed E-state index contributed by atoms with van der Waals surface area (Å²) in [6.07, 6.45) is 0. The SMILES string of the molecule is COc1n[nH]c(C(=O)NCCO)c1[N+](=O)[O-]. The fourth-order valence-electron chi connectivity index (χ4n) is 1.05. The molecule has 0 aliphatic heterocycles. The molecule has 1 heterocycles. The molecule has 16 heavy (non-hydrogen) atoms. The number of rotatable bonds is 5. The van der Waals surface area contributed by atoms with Crippen LogP contribution in [0.5, 0.6) is 5.88 Å². The lowest BCUT2D eigenvalue weighted by Crippen LogP contribution is -2.27. The van der Waals surface area contributed by atoms with Crippen molar-refractivity contribution < 1.29 is 19.6 Å². The molecule has 3 N–H and O–H groups in total. The van der Waals surface area contributed by atoms with Crippen molar-refractivity contribution in [2.45, 2.75) is 0 Å². The number of methoxy groups -OCH3 is 1. The normalized spacial score (nSPS) is 9.88. The standard InChI is InChI=1S/C7H10N4O5/c1-16-7-5(11(14)15)4(9-10-7)6(13)8-2-3-12/h12H,2-3H2,1H3,(H,8,13)(H,9,10). The molecule has 0 radical (unpaired) electrons. The van der Waals surface area contributed by atoms with E-state index in [-0.39, 0.29) is 24.7 Å². The summed E-state index contributed by atoms with van der Waals surface area (Å²) in [5, 5.41) is 27.1. The third kappa shape index (κ3) is 2.25. The van der Waals surface area contributed by atoms with E-state index in [0.29, 0.717) is 0 Å². The van der Waals surface area contributed by atoms with Crippen LogP contribution < -0.4 is 10.1 Å². The Balaban J connectivity index is 2.99. The Morgan fingerprint density at radius 1 is 1.75 bits per heavy atom. The van der Waals surface area contributed by atoms with E-state index in [1.165, 1.54) is 7.11 Å². The summed E-state index contributed by atoms with van der Waals surface area (Å²) >= 11 is 0. The minimum absolute atomic E-state index is 0.00266. The Morgan fingerprint density at radius 3 is 2.94 bits per heavy atom. The molecule has 1 rings (SSSR count). The summed E-state index contributed by atoms with van der Waals surface area (Å²) in [4.78, 5) is 21.3. The van der Waals surface area contributed by atoms with Gasteiger partial charge in [-0.2, -0.15) is 0 Å². The number of nitrogens with one attached hydrogen (secondary N) is 2. The van der Waals surface area contributed by atoms with Crippen molar-refractivity contribution >= 4 is 11.6 Å². The minimum atomic E-state index is -0.768. The first-order valence-corrected chi connectivity index (χ1v) is 4.27. The third-order valence-electron chi connectivity index (χ3n) is 1.71. The highest BCUT2D eigenvalue weighted by atomic mass is 16.6. The number of H-pyrrole nitrogens is 1. The predicted molar refractivity (Wildman–Crippen MR) is 51.2 cm³/mol. The highest BCUT2D eigenvalue weighted by molar-refractivity contribution is 5.97. The molecule has 0 saturated heterocycles. The lowest BCUT2D eigenvalue weighted by Gasteiger charge is -1.99. The van der Waals surface area contributed by atoms with E-state index in [2.05, 4.69) is 20.3 Å². The zero-order valence-electron chi connectivity index (χ0n) is 8.39. The molecule has 1 aromatic rings. The van der Waals surface area contributed by atoms with Crippen LogP contribution in [-0.2, 0) is 0 Å². The topological polar surface area (TPSA) is 130 Å². The largest absolute Gasteiger partial charge is 0.475 e. The van der Waals surface area contributed by atoms with Crippen molar-refractivity contribution in [1.82, 2.24) is 15.5 Å². The minimum Gasteiger partial charge on any atom is -0.475 e. The van der Waals surface area contributed by atoms with Crippen LogP contribution in [0.3, 0.4) is 0 Å². The van der Waals surface area contributed by atoms with Crippen LogP contribution >= 0.6 is 0 Å². The molecule has 0 spiro atoms. The highest BCUT2D eigenvalue weighted by Crippen LogP contribution is 2.27. The molecule has 0 unspecified atom stereocenters. The summed E-state index contributed by atoms with van der Waals surface area (Å²) in [7, 11) is 1.21. The number of carbonyl (C=O) groups is 1. The number of nitrogens with zero attached hydrogens (tertiary/aromatic N) is 2. The Labute approximate surface area is 89.6 Å². The summed E-state index contributed by atoms with van der Waals surface area (Å²) in [6, 6.07) is 0. The fraction of sp³-hybridized carbons (Fsp3) is 0.429. The third-order valence-corrected chi connectivity index (χ3v) is 1.71. The van der Waals surface area contributed by atoms with Crippen LogP contribution in [0, 0.1) is 10.1 Å². The average molecular weight is 230 g/mol. The second-order valence-electron chi connectivity index (χ2n) is 2.69. The molecule has 88 valence electrons. The molecular weight excluding hydrogens is 220 g/mol. The summed E-state index contributed by atoms with van der Waals surface area (Å²) in [5.74, 6) is -0.990. The quantitative estimate of drug-likeness (QED) is 0.441. The Morgan fingerprint density at radius 2 is 2.44 bits per heavy atom. The molecule has 9 nitrogen and oxygen atoms in total. The number of aliphatic hydroxyl groups is 1. The zero-order chi connectivity index (χ0) is 12.1. The predicted octanol–water partition coefficient (Wildman–Crippen LogP) is -0.951. The monoisotopic (exact) mass is 230 g/mol. The molecular formula is C7H10N4O5. The molecule has 1 amide bonds. The molecule has 0 aliphatic carbocycles. The van der Waals surface area contributed by atoms with Gasteiger partial charge in [-0.1, -0.05) is 0 Å². The Bertz CT molecular complexity index is 401. The number of amides is 1. The van der Waals surface area contributed by atoms with Crippen LogP contribution in [0.4, 0.5) is 5.69 Å². The number of hydrogen-bond acceptors (Lipinski definition) is 6. The number of aromatic nitrogens is 2. The van der Waals surface area contributed by atoms with Gasteiger partial charge in [0.2, 0.25) is 5.69 Å². The van der Waals surface area contributed by atoms with Crippen molar-refractivity contribution in [2.75, 3.05) is 20.3 Å². The van der Waals surface area contributed by atoms with E-state index in [1.54, 1.807) is 0 Å². The van der Waals surface area contributed by atoms with Crippen molar-refractivity contribution in [3.63, 3.8) is 0 Å². The maximum absolute atomic E-state index is 11.4. The van der Waals surface area contributed by atoms with Gasteiger partial charge in [0, 0.05) is 6.54 Å². The fourth-order valence-corrected chi connectivity index (χ4v) is 1.05. The van der Waals surface area contributed by atoms with Gasteiger partial charge in [-0.05, 0) is 0 Å². The number of ether oxygens (including phenoxy) is 1. The maximum atomic E-state index is 11.4. The molecule has 0 atom stereocenters. The van der Waals surface area contributed by atoms with Gasteiger partial charge in [0.1, 0.15) is 0 Å². The molecule has 0 fully saturated rings. The lowest BCUT2D eigenvalue weighted by atomic mass is 10.3. The van der Waals surface area contributed by atoms with E-state index in [1.807, 2.05) is 0 Å². The van der Waals surface area contributed by atoms with E-state index in [9.17, 15) is 14.9 Å². The van der Waals surface area contributed by atoms with Crippen LogP contribution in [0.1, 0.15) is 10.5 Å². The molecule has 0 bridgehead atoms. The number of aliphatic hydroxyl groups excluding tert-OH is 1. The van der Waals surface area contributed by atoms with Gasteiger partial charge in [-0.3, -0.25) is 20.0 Å². The van der Waals surface area contributed by atoms with Crippen LogP contribution in [0.2, 0.25) is 0 Å². The van der Waals surface area contributed by atoms with Gasteiger partial charge < -0.3 is 15.2 Å². The summed E-state index contributed by atoms with van der Waals surface area (Å²) < 4.78 is 4.63. The van der Waals surface area contributed by atoms with Gasteiger partial charge >= 0.3 is 11.6 Å². The van der Waals surface area contributed by atoms with Crippen LogP contribution in [0.15, 0.2) is 0 Å².